The Bertz CT molecular complexity index is 1380. The molecule has 3 heterocycles. The maximum Gasteiger partial charge on any atom is 0.333 e. The van der Waals surface area contributed by atoms with Crippen molar-refractivity contribution in [1.29, 1.82) is 0 Å². The first kappa shape index (κ1) is 23.3. The Morgan fingerprint density at radius 1 is 1.24 bits per heavy atom. The first-order chi connectivity index (χ1) is 16.4. The lowest BCUT2D eigenvalue weighted by atomic mass is 10.1. The molecule has 10 nitrogen and oxygen atoms in total. The topological polar surface area (TPSA) is 117 Å². The lowest BCUT2D eigenvalue weighted by Gasteiger charge is -2.31. The summed E-state index contributed by atoms with van der Waals surface area (Å²) in [5, 5.41) is 0. The number of imidazole rings is 1. The van der Waals surface area contributed by atoms with E-state index in [1.807, 2.05) is 35.2 Å². The van der Waals surface area contributed by atoms with Crippen LogP contribution in [-0.2, 0) is 36.3 Å². The van der Waals surface area contributed by atoms with Crippen LogP contribution in [0.4, 0.5) is 5.95 Å². The lowest BCUT2D eigenvalue weighted by Crippen LogP contribution is -2.44. The fourth-order valence-corrected chi connectivity index (χ4v) is 4.15. The van der Waals surface area contributed by atoms with Gasteiger partial charge in [-0.1, -0.05) is 36.3 Å². The molecule has 0 amide bonds. The second kappa shape index (κ2) is 9.97. The molecule has 0 aliphatic carbocycles. The minimum Gasteiger partial charge on any atom is -0.459 e. The summed E-state index contributed by atoms with van der Waals surface area (Å²) in [6.07, 6.45) is 1.82. The highest BCUT2D eigenvalue weighted by Crippen LogP contribution is 2.22. The van der Waals surface area contributed by atoms with Gasteiger partial charge in [0.05, 0.1) is 6.54 Å². The molecule has 1 aliphatic rings. The number of hydrogen-bond donors (Lipinski definition) is 1. The molecule has 3 aromatic rings. The first-order valence-electron chi connectivity index (χ1n) is 11.2. The van der Waals surface area contributed by atoms with E-state index < -0.39 is 23.8 Å². The highest BCUT2D eigenvalue weighted by molar-refractivity contribution is 5.76. The summed E-state index contributed by atoms with van der Waals surface area (Å²) < 4.78 is 9.16. The predicted octanol–water partition coefficient (Wildman–Crippen LogP) is 0.591. The van der Waals surface area contributed by atoms with Crippen molar-refractivity contribution in [3.63, 3.8) is 0 Å². The maximum atomic E-state index is 13.4. The molecule has 1 saturated heterocycles. The second-order valence-electron chi connectivity index (χ2n) is 8.32. The van der Waals surface area contributed by atoms with Gasteiger partial charge in [-0.15, -0.1) is 5.92 Å². The minimum absolute atomic E-state index is 0.000802. The van der Waals surface area contributed by atoms with Crippen LogP contribution < -0.4 is 21.9 Å². The van der Waals surface area contributed by atoms with Crippen LogP contribution >= 0.6 is 0 Å². The Balaban J connectivity index is 1.73. The Morgan fingerprint density at radius 2 is 2.00 bits per heavy atom. The quantitative estimate of drug-likeness (QED) is 0.419. The van der Waals surface area contributed by atoms with E-state index in [1.165, 1.54) is 11.6 Å². The SMILES string of the molecule is CC#CCn1c(N2CCC[C@@H](N)C2)nc2c1c(=O)n(CC(=O)OCc1ccccc1)c(=O)n2C. The number of nitrogens with two attached hydrogens (primary N) is 1. The van der Waals surface area contributed by atoms with E-state index in [9.17, 15) is 14.4 Å². The summed E-state index contributed by atoms with van der Waals surface area (Å²) in [6, 6.07) is 9.19. The summed E-state index contributed by atoms with van der Waals surface area (Å²) in [5.41, 5.74) is 6.20. The zero-order valence-corrected chi connectivity index (χ0v) is 19.4. The van der Waals surface area contributed by atoms with Gasteiger partial charge in [0.15, 0.2) is 11.2 Å². The zero-order valence-electron chi connectivity index (χ0n) is 19.4. The van der Waals surface area contributed by atoms with Gasteiger partial charge in [-0.3, -0.25) is 18.7 Å². The summed E-state index contributed by atoms with van der Waals surface area (Å²) in [6.45, 7) is 2.83. The van der Waals surface area contributed by atoms with Crippen molar-refractivity contribution >= 4 is 23.1 Å². The first-order valence-corrected chi connectivity index (χ1v) is 11.2. The highest BCUT2D eigenvalue weighted by Gasteiger charge is 2.26. The van der Waals surface area contributed by atoms with Gasteiger partial charge in [0.2, 0.25) is 5.95 Å². The van der Waals surface area contributed by atoms with Crippen LogP contribution in [-0.4, -0.2) is 43.8 Å². The Hall–Kier alpha value is -3.84. The Kier molecular flexibility index (Phi) is 6.84. The second-order valence-corrected chi connectivity index (χ2v) is 8.32. The number of hydrogen-bond acceptors (Lipinski definition) is 7. The van der Waals surface area contributed by atoms with E-state index in [4.69, 9.17) is 10.5 Å². The largest absolute Gasteiger partial charge is 0.459 e. The normalized spacial score (nSPS) is 15.7. The molecule has 0 unspecified atom stereocenters. The fraction of sp³-hybridized carbons (Fsp3) is 0.417. The number of anilines is 1. The van der Waals surface area contributed by atoms with Crippen molar-refractivity contribution in [2.24, 2.45) is 12.8 Å². The molecule has 0 spiro atoms. The number of rotatable bonds is 6. The molecule has 178 valence electrons. The van der Waals surface area contributed by atoms with Crippen molar-refractivity contribution in [2.75, 3.05) is 18.0 Å². The van der Waals surface area contributed by atoms with E-state index in [1.54, 1.807) is 11.5 Å². The van der Waals surface area contributed by atoms with Gasteiger partial charge in [0.25, 0.3) is 5.56 Å². The number of ether oxygens (including phenoxy) is 1. The monoisotopic (exact) mass is 464 g/mol. The number of esters is 1. The molecule has 10 heteroatoms. The van der Waals surface area contributed by atoms with Crippen LogP contribution in [0.3, 0.4) is 0 Å². The number of aromatic nitrogens is 4. The third-order valence-corrected chi connectivity index (χ3v) is 5.90. The van der Waals surface area contributed by atoms with Crippen LogP contribution in [0, 0.1) is 11.8 Å². The molecule has 2 aromatic heterocycles. The van der Waals surface area contributed by atoms with Crippen LogP contribution in [0.5, 0.6) is 0 Å². The molecule has 0 bridgehead atoms. The van der Waals surface area contributed by atoms with Crippen LogP contribution in [0.25, 0.3) is 11.2 Å². The predicted molar refractivity (Wildman–Crippen MR) is 128 cm³/mol. The van der Waals surface area contributed by atoms with Gasteiger partial charge < -0.3 is 15.4 Å². The zero-order chi connectivity index (χ0) is 24.2. The molecule has 0 saturated carbocycles. The van der Waals surface area contributed by atoms with Gasteiger partial charge in [-0.05, 0) is 25.3 Å². The summed E-state index contributed by atoms with van der Waals surface area (Å²) in [4.78, 5) is 45.6. The molecule has 34 heavy (non-hydrogen) atoms. The maximum absolute atomic E-state index is 13.4. The smallest absolute Gasteiger partial charge is 0.333 e. The lowest BCUT2D eigenvalue weighted by molar-refractivity contribution is -0.145. The van der Waals surface area contributed by atoms with E-state index in [-0.39, 0.29) is 30.4 Å². The van der Waals surface area contributed by atoms with Crippen LogP contribution in [0.2, 0.25) is 0 Å². The van der Waals surface area contributed by atoms with Gasteiger partial charge in [-0.2, -0.15) is 4.98 Å². The van der Waals surface area contributed by atoms with Crippen molar-refractivity contribution < 1.29 is 9.53 Å². The molecule has 2 N–H and O–H groups in total. The fourth-order valence-electron chi connectivity index (χ4n) is 4.15. The highest BCUT2D eigenvalue weighted by atomic mass is 16.5. The molecule has 1 fully saturated rings. The van der Waals surface area contributed by atoms with Crippen molar-refractivity contribution in [1.82, 2.24) is 18.7 Å². The van der Waals surface area contributed by atoms with Crippen molar-refractivity contribution in [3.8, 4) is 11.8 Å². The van der Waals surface area contributed by atoms with E-state index in [0.717, 1.165) is 29.5 Å². The molecule has 1 atom stereocenters. The van der Waals surface area contributed by atoms with Crippen LogP contribution in [0.15, 0.2) is 39.9 Å². The summed E-state index contributed by atoms with van der Waals surface area (Å²) in [5.74, 6) is 5.69. The standard InChI is InChI=1S/C24H28N6O4/c1-3-4-13-29-20-21(26-23(29)28-12-8-11-18(25)14-28)27(2)24(33)30(22(20)32)15-19(31)34-16-17-9-6-5-7-10-17/h5-7,9-10,18H,8,11-16,25H2,1-2H3/t18-/m1/s1. The third-order valence-electron chi connectivity index (χ3n) is 5.90. The Morgan fingerprint density at radius 3 is 2.71 bits per heavy atom. The minimum atomic E-state index is -0.677. The number of piperidine rings is 1. The third kappa shape index (κ3) is 4.61. The van der Waals surface area contributed by atoms with Crippen LogP contribution in [0.1, 0.15) is 25.3 Å². The number of carbonyl (C=O) groups excluding carboxylic acids is 1. The molecular formula is C24H28N6O4. The van der Waals surface area contributed by atoms with E-state index in [2.05, 4.69) is 16.8 Å². The van der Waals surface area contributed by atoms with E-state index in [0.29, 0.717) is 12.5 Å². The van der Waals surface area contributed by atoms with Crippen molar-refractivity contribution in [3.05, 3.63) is 56.7 Å². The van der Waals surface area contributed by atoms with Gasteiger partial charge in [-0.25, -0.2) is 9.36 Å². The number of fused-ring (bicyclic) bond motifs is 1. The summed E-state index contributed by atoms with van der Waals surface area (Å²) >= 11 is 0. The average molecular weight is 465 g/mol. The molecule has 1 aromatic carbocycles. The van der Waals surface area contributed by atoms with Crippen molar-refractivity contribution in [2.45, 2.75) is 45.5 Å². The Labute approximate surface area is 196 Å². The summed E-state index contributed by atoms with van der Waals surface area (Å²) in [7, 11) is 1.53. The molecule has 4 rings (SSSR count). The van der Waals surface area contributed by atoms with Gasteiger partial charge in [0, 0.05) is 26.2 Å². The number of benzene rings is 1. The molecular weight excluding hydrogens is 436 g/mol. The molecule has 0 radical (unpaired) electrons. The average Bonchev–Trinajstić information content (AvgIpc) is 3.23. The van der Waals surface area contributed by atoms with Gasteiger partial charge in [0.1, 0.15) is 13.2 Å². The number of aryl methyl sites for hydroxylation is 1. The molecule has 1 aliphatic heterocycles. The number of carbonyl (C=O) groups is 1. The van der Waals surface area contributed by atoms with Gasteiger partial charge >= 0.3 is 11.7 Å². The van der Waals surface area contributed by atoms with E-state index >= 15 is 0 Å². The number of nitrogens with zero attached hydrogens (tertiary/aromatic N) is 5.